The number of benzene rings is 3. The highest BCUT2D eigenvalue weighted by molar-refractivity contribution is 6.02. The van der Waals surface area contributed by atoms with Crippen LogP contribution in [0.3, 0.4) is 0 Å². The van der Waals surface area contributed by atoms with Crippen molar-refractivity contribution >= 4 is 21.5 Å². The Hall–Kier alpha value is -1.94. The lowest BCUT2D eigenvalue weighted by atomic mass is 9.93. The third-order valence-corrected chi connectivity index (χ3v) is 5.26. The van der Waals surface area contributed by atoms with Gasteiger partial charge in [-0.05, 0) is 59.0 Å². The van der Waals surface area contributed by atoms with E-state index in [1.54, 1.807) is 14.2 Å². The Morgan fingerprint density at radius 3 is 1.81 bits per heavy atom. The summed E-state index contributed by atoms with van der Waals surface area (Å²) in [5.41, 5.74) is 1.49. The van der Waals surface area contributed by atoms with Crippen molar-refractivity contribution in [2.45, 2.75) is 19.3 Å². The number of hydrogen-bond donors (Lipinski definition) is 0. The fourth-order valence-corrected chi connectivity index (χ4v) is 3.79. The minimum atomic E-state index is 0.775. The van der Waals surface area contributed by atoms with Gasteiger partial charge in [0.15, 0.2) is 0 Å². The zero-order valence-electron chi connectivity index (χ0n) is 16.6. The van der Waals surface area contributed by atoms with E-state index < -0.39 is 0 Å². The van der Waals surface area contributed by atoms with Gasteiger partial charge in [-0.2, -0.15) is 0 Å². The molecule has 0 heterocycles. The topological polar surface area (TPSA) is 21.7 Å². The number of ether oxygens (including phenoxy) is 2. The molecule has 0 aliphatic heterocycles. The van der Waals surface area contributed by atoms with Crippen LogP contribution in [0.25, 0.3) is 21.5 Å². The molecule has 0 radical (unpaired) electrons. The number of fused-ring (bicyclic) bond motifs is 2. The average molecular weight is 366 g/mol. The SMILES string of the molecule is COCCN(CCCCc1c2ccccc2cc2ccccc12)CCOC. The van der Waals surface area contributed by atoms with Crippen molar-refractivity contribution in [2.24, 2.45) is 0 Å². The van der Waals surface area contributed by atoms with Crippen LogP contribution in [0.2, 0.25) is 0 Å². The number of rotatable bonds is 11. The number of hydrogen-bond acceptors (Lipinski definition) is 3. The van der Waals surface area contributed by atoms with E-state index in [-0.39, 0.29) is 0 Å². The summed E-state index contributed by atoms with van der Waals surface area (Å²) in [5.74, 6) is 0. The van der Waals surface area contributed by atoms with Crippen molar-refractivity contribution in [1.29, 1.82) is 0 Å². The molecule has 0 aliphatic carbocycles. The molecule has 0 amide bonds. The molecular weight excluding hydrogens is 334 g/mol. The van der Waals surface area contributed by atoms with Crippen molar-refractivity contribution in [2.75, 3.05) is 47.1 Å². The Morgan fingerprint density at radius 1 is 0.704 bits per heavy atom. The second-order valence-corrected chi connectivity index (χ2v) is 7.08. The maximum atomic E-state index is 5.24. The molecule has 0 bridgehead atoms. The van der Waals surface area contributed by atoms with E-state index in [1.165, 1.54) is 39.9 Å². The van der Waals surface area contributed by atoms with Gasteiger partial charge in [0, 0.05) is 27.3 Å². The number of aryl methyl sites for hydroxylation is 1. The second kappa shape index (κ2) is 10.4. The summed E-state index contributed by atoms with van der Waals surface area (Å²) in [6.45, 7) is 4.58. The highest BCUT2D eigenvalue weighted by atomic mass is 16.5. The Labute approximate surface area is 162 Å². The van der Waals surface area contributed by atoms with Gasteiger partial charge in [-0.1, -0.05) is 48.5 Å². The first kappa shape index (κ1) is 19.8. The molecule has 3 heteroatoms. The van der Waals surface area contributed by atoms with Crippen LogP contribution in [0.15, 0.2) is 54.6 Å². The van der Waals surface area contributed by atoms with E-state index in [9.17, 15) is 0 Å². The highest BCUT2D eigenvalue weighted by Gasteiger charge is 2.08. The lowest BCUT2D eigenvalue weighted by molar-refractivity contribution is 0.113. The van der Waals surface area contributed by atoms with Gasteiger partial charge in [0.25, 0.3) is 0 Å². The Morgan fingerprint density at radius 2 is 1.26 bits per heavy atom. The third-order valence-electron chi connectivity index (χ3n) is 5.26. The van der Waals surface area contributed by atoms with E-state index in [4.69, 9.17) is 9.47 Å². The maximum absolute atomic E-state index is 5.24. The molecule has 0 atom stereocenters. The first-order valence-corrected chi connectivity index (χ1v) is 9.93. The average Bonchev–Trinajstić information content (AvgIpc) is 2.71. The zero-order chi connectivity index (χ0) is 18.9. The normalized spacial score (nSPS) is 11.7. The summed E-state index contributed by atoms with van der Waals surface area (Å²) < 4.78 is 10.5. The van der Waals surface area contributed by atoms with Gasteiger partial charge < -0.3 is 9.47 Å². The molecule has 0 saturated heterocycles. The van der Waals surface area contributed by atoms with Crippen molar-refractivity contribution in [3.63, 3.8) is 0 Å². The summed E-state index contributed by atoms with van der Waals surface area (Å²) in [6.07, 6.45) is 3.49. The van der Waals surface area contributed by atoms with Crippen molar-refractivity contribution < 1.29 is 9.47 Å². The molecular formula is C24H31NO2. The van der Waals surface area contributed by atoms with Crippen LogP contribution in [0.4, 0.5) is 0 Å². The Bertz CT molecular complexity index is 784. The molecule has 0 fully saturated rings. The summed E-state index contributed by atoms with van der Waals surface area (Å²) >= 11 is 0. The van der Waals surface area contributed by atoms with Crippen LogP contribution in [0.5, 0.6) is 0 Å². The number of nitrogens with zero attached hydrogens (tertiary/aromatic N) is 1. The van der Waals surface area contributed by atoms with Crippen molar-refractivity contribution in [3.05, 3.63) is 60.2 Å². The molecule has 27 heavy (non-hydrogen) atoms. The Kier molecular flexibility index (Phi) is 7.64. The van der Waals surface area contributed by atoms with Crippen LogP contribution in [-0.4, -0.2) is 52.0 Å². The molecule has 144 valence electrons. The zero-order valence-corrected chi connectivity index (χ0v) is 16.6. The molecule has 0 saturated carbocycles. The molecule has 3 aromatic carbocycles. The van der Waals surface area contributed by atoms with E-state index in [0.717, 1.165) is 39.3 Å². The van der Waals surface area contributed by atoms with Crippen LogP contribution in [-0.2, 0) is 15.9 Å². The lowest BCUT2D eigenvalue weighted by Crippen LogP contribution is -2.31. The minimum Gasteiger partial charge on any atom is -0.383 e. The van der Waals surface area contributed by atoms with Gasteiger partial charge in [-0.25, -0.2) is 0 Å². The minimum absolute atomic E-state index is 0.775. The van der Waals surface area contributed by atoms with Crippen LogP contribution >= 0.6 is 0 Å². The van der Waals surface area contributed by atoms with E-state index in [0.29, 0.717) is 0 Å². The fourth-order valence-electron chi connectivity index (χ4n) is 3.79. The van der Waals surface area contributed by atoms with Gasteiger partial charge in [0.05, 0.1) is 13.2 Å². The van der Waals surface area contributed by atoms with Crippen molar-refractivity contribution in [3.8, 4) is 0 Å². The standard InChI is InChI=1S/C24H31NO2/c1-26-17-15-25(16-18-27-2)14-8-7-13-24-22-11-5-3-9-20(22)19-21-10-4-6-12-23(21)24/h3-6,9-12,19H,7-8,13-18H2,1-2H3. The largest absolute Gasteiger partial charge is 0.383 e. The summed E-state index contributed by atoms with van der Waals surface area (Å²) in [4.78, 5) is 2.44. The van der Waals surface area contributed by atoms with Crippen molar-refractivity contribution in [1.82, 2.24) is 4.90 Å². The van der Waals surface area contributed by atoms with Gasteiger partial charge >= 0.3 is 0 Å². The van der Waals surface area contributed by atoms with E-state index in [2.05, 4.69) is 59.5 Å². The molecule has 3 aromatic rings. The monoisotopic (exact) mass is 365 g/mol. The van der Waals surface area contributed by atoms with Gasteiger partial charge in [-0.15, -0.1) is 0 Å². The lowest BCUT2D eigenvalue weighted by Gasteiger charge is -2.21. The third kappa shape index (κ3) is 5.29. The van der Waals surface area contributed by atoms with Crippen LogP contribution in [0.1, 0.15) is 18.4 Å². The van der Waals surface area contributed by atoms with Gasteiger partial charge in [0.2, 0.25) is 0 Å². The van der Waals surface area contributed by atoms with Gasteiger partial charge in [-0.3, -0.25) is 4.90 Å². The number of methoxy groups -OCH3 is 2. The second-order valence-electron chi connectivity index (χ2n) is 7.08. The Balaban J connectivity index is 1.68. The smallest absolute Gasteiger partial charge is 0.0589 e. The fraction of sp³-hybridized carbons (Fsp3) is 0.417. The molecule has 3 rings (SSSR count). The molecule has 3 nitrogen and oxygen atoms in total. The quantitative estimate of drug-likeness (QED) is 0.356. The predicted octanol–water partition coefficient (Wildman–Crippen LogP) is 4.91. The molecule has 0 aromatic heterocycles. The molecule has 0 spiro atoms. The first-order valence-electron chi connectivity index (χ1n) is 9.93. The summed E-state index contributed by atoms with van der Waals surface area (Å²) in [7, 11) is 3.53. The molecule has 0 unspecified atom stereocenters. The van der Waals surface area contributed by atoms with E-state index in [1.807, 2.05) is 0 Å². The van der Waals surface area contributed by atoms with Gasteiger partial charge in [0.1, 0.15) is 0 Å². The summed E-state index contributed by atoms with van der Waals surface area (Å²) in [6, 6.07) is 19.8. The summed E-state index contributed by atoms with van der Waals surface area (Å²) in [5, 5.41) is 5.47. The van der Waals surface area contributed by atoms with Crippen LogP contribution in [0, 0.1) is 0 Å². The predicted molar refractivity (Wildman–Crippen MR) is 115 cm³/mol. The number of unbranched alkanes of at least 4 members (excludes halogenated alkanes) is 1. The van der Waals surface area contributed by atoms with E-state index >= 15 is 0 Å². The molecule has 0 aliphatic rings. The maximum Gasteiger partial charge on any atom is 0.0589 e. The first-order chi connectivity index (χ1) is 13.3. The highest BCUT2D eigenvalue weighted by Crippen LogP contribution is 2.29. The molecule has 0 N–H and O–H groups in total. The van der Waals surface area contributed by atoms with Crippen LogP contribution < -0.4 is 0 Å².